The highest BCUT2D eigenvalue weighted by Gasteiger charge is 2.42. The minimum Gasteiger partial charge on any atom is -0.377 e. The fraction of sp³-hybridized carbons (Fsp3) is 1.00. The average Bonchev–Trinajstić information content (AvgIpc) is 2.21. The van der Waals surface area contributed by atoms with E-state index in [0.717, 1.165) is 19.4 Å². The van der Waals surface area contributed by atoms with Crippen LogP contribution in [0.5, 0.6) is 0 Å². The van der Waals surface area contributed by atoms with E-state index in [0.29, 0.717) is 18.1 Å². The molecule has 0 amide bonds. The number of hydrogen-bond acceptors (Lipinski definition) is 3. The molecule has 1 saturated carbocycles. The number of hydrogen-bond donors (Lipinski definition) is 1. The van der Waals surface area contributed by atoms with E-state index in [9.17, 15) is 0 Å². The van der Waals surface area contributed by atoms with Gasteiger partial charge in [0.05, 0.1) is 18.3 Å². The summed E-state index contributed by atoms with van der Waals surface area (Å²) in [7, 11) is 1.79. The van der Waals surface area contributed by atoms with E-state index in [2.05, 4.69) is 33.0 Å². The van der Waals surface area contributed by atoms with E-state index in [-0.39, 0.29) is 12.2 Å². The monoisotopic (exact) mass is 243 g/mol. The van der Waals surface area contributed by atoms with Gasteiger partial charge in [0.25, 0.3) is 0 Å². The van der Waals surface area contributed by atoms with Crippen LogP contribution in [-0.4, -0.2) is 38.0 Å². The molecule has 3 nitrogen and oxygen atoms in total. The summed E-state index contributed by atoms with van der Waals surface area (Å²) in [6.07, 6.45) is 4.23. The van der Waals surface area contributed by atoms with Gasteiger partial charge in [-0.1, -0.05) is 20.8 Å². The standard InChI is InChI=1S/C14H29NO2/c1-6-7-15-12-9-13(14(12)16-5)17-11(4)8-10(2)3/h10-15H,6-9H2,1-5H3. The van der Waals surface area contributed by atoms with Crippen molar-refractivity contribution in [2.45, 2.75) is 71.3 Å². The maximum Gasteiger partial charge on any atom is 0.0987 e. The molecule has 0 aromatic heterocycles. The lowest BCUT2D eigenvalue weighted by molar-refractivity contribution is -0.156. The van der Waals surface area contributed by atoms with Crippen molar-refractivity contribution in [3.8, 4) is 0 Å². The zero-order chi connectivity index (χ0) is 12.8. The average molecular weight is 243 g/mol. The van der Waals surface area contributed by atoms with Gasteiger partial charge in [0.2, 0.25) is 0 Å². The third-order valence-electron chi connectivity index (χ3n) is 3.39. The summed E-state index contributed by atoms with van der Waals surface area (Å²) < 4.78 is 11.6. The van der Waals surface area contributed by atoms with Crippen LogP contribution in [0.1, 0.15) is 47.0 Å². The molecule has 1 rings (SSSR count). The second-order valence-corrected chi connectivity index (χ2v) is 5.61. The van der Waals surface area contributed by atoms with Crippen LogP contribution >= 0.6 is 0 Å². The van der Waals surface area contributed by atoms with Crippen molar-refractivity contribution in [1.82, 2.24) is 5.32 Å². The number of methoxy groups -OCH3 is 1. The molecule has 1 aliphatic carbocycles. The van der Waals surface area contributed by atoms with Crippen LogP contribution in [0.15, 0.2) is 0 Å². The fourth-order valence-corrected chi connectivity index (χ4v) is 2.58. The lowest BCUT2D eigenvalue weighted by Gasteiger charge is -2.45. The third-order valence-corrected chi connectivity index (χ3v) is 3.39. The van der Waals surface area contributed by atoms with Crippen molar-refractivity contribution in [3.05, 3.63) is 0 Å². The molecule has 1 aliphatic rings. The summed E-state index contributed by atoms with van der Waals surface area (Å²) in [6.45, 7) is 9.89. The van der Waals surface area contributed by atoms with E-state index >= 15 is 0 Å². The molecule has 102 valence electrons. The fourth-order valence-electron chi connectivity index (χ4n) is 2.58. The Morgan fingerprint density at radius 1 is 1.29 bits per heavy atom. The van der Waals surface area contributed by atoms with Crippen LogP contribution in [0.4, 0.5) is 0 Å². The Kier molecular flexibility index (Phi) is 6.45. The number of nitrogens with one attached hydrogen (secondary N) is 1. The van der Waals surface area contributed by atoms with Gasteiger partial charge in [0.1, 0.15) is 0 Å². The summed E-state index contributed by atoms with van der Waals surface area (Å²) in [4.78, 5) is 0. The van der Waals surface area contributed by atoms with Crippen LogP contribution in [0.3, 0.4) is 0 Å². The van der Waals surface area contributed by atoms with Crippen LogP contribution in [0, 0.1) is 5.92 Å². The largest absolute Gasteiger partial charge is 0.377 e. The highest BCUT2D eigenvalue weighted by atomic mass is 16.5. The molecule has 1 fully saturated rings. The molecule has 17 heavy (non-hydrogen) atoms. The van der Waals surface area contributed by atoms with Gasteiger partial charge in [-0.15, -0.1) is 0 Å². The SMILES string of the molecule is CCCNC1CC(OC(C)CC(C)C)C1OC. The van der Waals surface area contributed by atoms with Gasteiger partial charge in [-0.25, -0.2) is 0 Å². The summed E-state index contributed by atoms with van der Waals surface area (Å²) in [5, 5.41) is 3.51. The minimum absolute atomic E-state index is 0.233. The second-order valence-electron chi connectivity index (χ2n) is 5.61. The molecule has 0 saturated heterocycles. The Hall–Kier alpha value is -0.120. The second kappa shape index (κ2) is 7.34. The van der Waals surface area contributed by atoms with Crippen molar-refractivity contribution >= 4 is 0 Å². The van der Waals surface area contributed by atoms with E-state index in [1.165, 1.54) is 6.42 Å². The van der Waals surface area contributed by atoms with Crippen molar-refractivity contribution < 1.29 is 9.47 Å². The molecule has 3 heteroatoms. The smallest absolute Gasteiger partial charge is 0.0987 e. The Morgan fingerprint density at radius 3 is 2.53 bits per heavy atom. The molecule has 0 aromatic carbocycles. The topological polar surface area (TPSA) is 30.5 Å². The zero-order valence-electron chi connectivity index (χ0n) is 12.0. The predicted molar refractivity (Wildman–Crippen MR) is 71.3 cm³/mol. The Morgan fingerprint density at radius 2 is 2.00 bits per heavy atom. The molecule has 0 bridgehead atoms. The van der Waals surface area contributed by atoms with Gasteiger partial charge in [0.15, 0.2) is 0 Å². The Balaban J connectivity index is 2.27. The Labute approximate surface area is 106 Å². The molecule has 0 radical (unpaired) electrons. The molecule has 4 unspecified atom stereocenters. The molecule has 4 atom stereocenters. The van der Waals surface area contributed by atoms with Crippen LogP contribution < -0.4 is 5.32 Å². The van der Waals surface area contributed by atoms with Gasteiger partial charge in [-0.2, -0.15) is 0 Å². The molecule has 1 N–H and O–H groups in total. The first-order valence-electron chi connectivity index (χ1n) is 7.00. The maximum absolute atomic E-state index is 6.05. The Bertz CT molecular complexity index is 208. The van der Waals surface area contributed by atoms with Crippen molar-refractivity contribution in [1.29, 1.82) is 0 Å². The number of ether oxygens (including phenoxy) is 2. The molecular weight excluding hydrogens is 214 g/mol. The first kappa shape index (κ1) is 14.9. The minimum atomic E-state index is 0.233. The summed E-state index contributed by atoms with van der Waals surface area (Å²) in [6, 6.07) is 0.483. The van der Waals surface area contributed by atoms with Gasteiger partial charge < -0.3 is 14.8 Å². The van der Waals surface area contributed by atoms with Gasteiger partial charge in [0, 0.05) is 13.2 Å². The molecule has 0 aliphatic heterocycles. The number of rotatable bonds is 8. The highest BCUT2D eigenvalue weighted by molar-refractivity contribution is 4.97. The first-order valence-corrected chi connectivity index (χ1v) is 7.00. The third kappa shape index (κ3) is 4.57. The van der Waals surface area contributed by atoms with Gasteiger partial charge in [-0.05, 0) is 38.6 Å². The quantitative estimate of drug-likeness (QED) is 0.711. The molecule has 0 spiro atoms. The van der Waals surface area contributed by atoms with Gasteiger partial charge in [-0.3, -0.25) is 0 Å². The molecular formula is C14H29NO2. The maximum atomic E-state index is 6.05. The van der Waals surface area contributed by atoms with Crippen LogP contribution in [0.2, 0.25) is 0 Å². The van der Waals surface area contributed by atoms with E-state index in [1.807, 2.05) is 0 Å². The van der Waals surface area contributed by atoms with E-state index in [1.54, 1.807) is 7.11 Å². The van der Waals surface area contributed by atoms with Crippen LogP contribution in [0.25, 0.3) is 0 Å². The summed E-state index contributed by atoms with van der Waals surface area (Å²) in [5.41, 5.74) is 0. The van der Waals surface area contributed by atoms with Crippen molar-refractivity contribution in [3.63, 3.8) is 0 Å². The van der Waals surface area contributed by atoms with Gasteiger partial charge >= 0.3 is 0 Å². The molecule has 0 heterocycles. The lowest BCUT2D eigenvalue weighted by Crippen LogP contribution is -2.60. The zero-order valence-corrected chi connectivity index (χ0v) is 12.0. The van der Waals surface area contributed by atoms with Crippen molar-refractivity contribution in [2.75, 3.05) is 13.7 Å². The van der Waals surface area contributed by atoms with Crippen LogP contribution in [-0.2, 0) is 9.47 Å². The predicted octanol–water partition coefficient (Wildman–Crippen LogP) is 2.59. The summed E-state index contributed by atoms with van der Waals surface area (Å²) in [5.74, 6) is 0.695. The van der Waals surface area contributed by atoms with Crippen molar-refractivity contribution in [2.24, 2.45) is 5.92 Å². The normalized spacial score (nSPS) is 30.4. The highest BCUT2D eigenvalue weighted by Crippen LogP contribution is 2.29. The summed E-state index contributed by atoms with van der Waals surface area (Å²) >= 11 is 0. The molecule has 0 aromatic rings. The first-order chi connectivity index (χ1) is 8.08. The lowest BCUT2D eigenvalue weighted by atomic mass is 9.85. The van der Waals surface area contributed by atoms with E-state index in [4.69, 9.17) is 9.47 Å². The van der Waals surface area contributed by atoms with E-state index < -0.39 is 0 Å².